The van der Waals surface area contributed by atoms with Gasteiger partial charge in [0.25, 0.3) is 5.91 Å². The van der Waals surface area contributed by atoms with Gasteiger partial charge in [-0.05, 0) is 36.4 Å². The summed E-state index contributed by atoms with van der Waals surface area (Å²) in [5.74, 6) is -2.34. The normalized spacial score (nSPS) is 11.0. The Balaban J connectivity index is 1.96. The van der Waals surface area contributed by atoms with E-state index in [-0.39, 0.29) is 33.9 Å². The zero-order chi connectivity index (χ0) is 25.0. The number of esters is 2. The Morgan fingerprint density at radius 3 is 2.09 bits per heavy atom. The molecule has 9 nitrogen and oxygen atoms in total. The van der Waals surface area contributed by atoms with Crippen molar-refractivity contribution < 1.29 is 41.8 Å². The maximum absolute atomic E-state index is 13.1. The topological polar surface area (TPSA) is 109 Å². The average Bonchev–Trinajstić information content (AvgIpc) is 3.27. The molecule has 12 heteroatoms. The van der Waals surface area contributed by atoms with Crippen LogP contribution in [-0.4, -0.2) is 49.0 Å². The Labute approximate surface area is 191 Å². The highest BCUT2D eigenvalue weighted by Gasteiger charge is 2.31. The molecule has 0 aliphatic carbocycles. The minimum atomic E-state index is -4.56. The van der Waals surface area contributed by atoms with Crippen molar-refractivity contribution in [2.75, 3.05) is 26.6 Å². The number of hydrogen-bond donors (Lipinski definition) is 1. The number of carbonyl (C=O) groups excluding carboxylic acids is 3. The predicted molar refractivity (Wildman–Crippen MR) is 112 cm³/mol. The Kier molecular flexibility index (Phi) is 6.89. The molecule has 1 N–H and O–H groups in total. The van der Waals surface area contributed by atoms with Crippen LogP contribution in [0, 0.1) is 0 Å². The van der Waals surface area contributed by atoms with E-state index in [9.17, 15) is 27.6 Å². The second-order valence-corrected chi connectivity index (χ2v) is 6.78. The lowest BCUT2D eigenvalue weighted by molar-refractivity contribution is -0.137. The molecule has 1 aromatic heterocycles. The van der Waals surface area contributed by atoms with E-state index in [1.807, 2.05) is 0 Å². The number of halogens is 3. The third-order valence-corrected chi connectivity index (χ3v) is 4.59. The maximum Gasteiger partial charge on any atom is 0.416 e. The summed E-state index contributed by atoms with van der Waals surface area (Å²) in [6, 6.07) is 8.14. The van der Waals surface area contributed by atoms with Crippen molar-refractivity contribution in [3.05, 3.63) is 71.0 Å². The van der Waals surface area contributed by atoms with Crippen LogP contribution in [0.2, 0.25) is 0 Å². The minimum Gasteiger partial charge on any atom is -0.493 e. The second kappa shape index (κ2) is 9.65. The van der Waals surface area contributed by atoms with E-state index in [1.54, 1.807) is 0 Å². The van der Waals surface area contributed by atoms with E-state index >= 15 is 0 Å². The summed E-state index contributed by atoms with van der Waals surface area (Å²) in [6.07, 6.45) is -3.31. The smallest absolute Gasteiger partial charge is 0.416 e. The monoisotopic (exact) mass is 477 g/mol. The van der Waals surface area contributed by atoms with E-state index in [4.69, 9.17) is 4.74 Å². The largest absolute Gasteiger partial charge is 0.493 e. The average molecular weight is 477 g/mol. The number of aromatic nitrogens is 2. The standard InChI is InChI=1S/C22H18F3N3O6/c1-32-17-11-28(16-6-4-5-14(10-16)22(23,24)25)27-18(17)19(29)26-15-8-12(20(30)33-2)7-13(9-15)21(31)34-3/h4-11H,1-3H3,(H,26,29). The molecule has 1 amide bonds. The number of rotatable bonds is 6. The van der Waals surface area contributed by atoms with Gasteiger partial charge >= 0.3 is 18.1 Å². The van der Waals surface area contributed by atoms with Gasteiger partial charge in [0.05, 0.1) is 49.9 Å². The molecule has 0 aliphatic rings. The number of ether oxygens (including phenoxy) is 3. The molecule has 2 aromatic carbocycles. The number of alkyl halides is 3. The summed E-state index contributed by atoms with van der Waals surface area (Å²) in [7, 11) is 3.56. The van der Waals surface area contributed by atoms with Crippen LogP contribution in [0.3, 0.4) is 0 Å². The molecule has 0 saturated carbocycles. The summed E-state index contributed by atoms with van der Waals surface area (Å²) < 4.78 is 54.7. The summed E-state index contributed by atoms with van der Waals surface area (Å²) in [5, 5.41) is 6.53. The SMILES string of the molecule is COC(=O)c1cc(NC(=O)c2nn(-c3cccc(C(F)(F)F)c3)cc2OC)cc(C(=O)OC)c1. The Morgan fingerprint density at radius 2 is 1.56 bits per heavy atom. The summed E-state index contributed by atoms with van der Waals surface area (Å²) >= 11 is 0. The van der Waals surface area contributed by atoms with Gasteiger partial charge in [-0.1, -0.05) is 6.07 Å². The number of amides is 1. The molecule has 0 fully saturated rings. The highest BCUT2D eigenvalue weighted by molar-refractivity contribution is 6.06. The first-order chi connectivity index (χ1) is 16.1. The van der Waals surface area contributed by atoms with Gasteiger partial charge in [-0.25, -0.2) is 14.3 Å². The lowest BCUT2D eigenvalue weighted by Crippen LogP contribution is -2.16. The van der Waals surface area contributed by atoms with Crippen molar-refractivity contribution in [2.45, 2.75) is 6.18 Å². The molecule has 3 rings (SSSR count). The number of nitrogens with zero attached hydrogens (tertiary/aromatic N) is 2. The Bertz CT molecular complexity index is 1220. The molecular weight excluding hydrogens is 459 g/mol. The van der Waals surface area contributed by atoms with Crippen LogP contribution >= 0.6 is 0 Å². The molecule has 0 bridgehead atoms. The van der Waals surface area contributed by atoms with Crippen LogP contribution in [-0.2, 0) is 15.7 Å². The van der Waals surface area contributed by atoms with E-state index in [0.717, 1.165) is 31.0 Å². The summed E-state index contributed by atoms with van der Waals surface area (Å²) in [6.45, 7) is 0. The van der Waals surface area contributed by atoms with Gasteiger partial charge < -0.3 is 19.5 Å². The van der Waals surface area contributed by atoms with Crippen LogP contribution in [0.5, 0.6) is 5.75 Å². The van der Waals surface area contributed by atoms with Crippen LogP contribution < -0.4 is 10.1 Å². The van der Waals surface area contributed by atoms with Crippen molar-refractivity contribution in [3.8, 4) is 11.4 Å². The van der Waals surface area contributed by atoms with Crippen LogP contribution in [0.15, 0.2) is 48.7 Å². The lowest BCUT2D eigenvalue weighted by Gasteiger charge is -2.09. The quantitative estimate of drug-likeness (QED) is 0.539. The summed E-state index contributed by atoms with van der Waals surface area (Å²) in [5.41, 5.74) is -1.09. The minimum absolute atomic E-state index is 0.0211. The molecule has 0 unspecified atom stereocenters. The number of benzene rings is 2. The molecule has 0 radical (unpaired) electrons. The van der Waals surface area contributed by atoms with Crippen molar-refractivity contribution in [1.82, 2.24) is 9.78 Å². The molecule has 1 heterocycles. The first-order valence-corrected chi connectivity index (χ1v) is 9.51. The fourth-order valence-electron chi connectivity index (χ4n) is 2.98. The van der Waals surface area contributed by atoms with Gasteiger partial charge in [-0.3, -0.25) is 4.79 Å². The van der Waals surface area contributed by atoms with Crippen molar-refractivity contribution in [1.29, 1.82) is 0 Å². The molecule has 178 valence electrons. The highest BCUT2D eigenvalue weighted by atomic mass is 19.4. The van der Waals surface area contributed by atoms with Crippen LogP contribution in [0.25, 0.3) is 5.69 Å². The zero-order valence-electron chi connectivity index (χ0n) is 18.1. The lowest BCUT2D eigenvalue weighted by atomic mass is 10.1. The molecule has 34 heavy (non-hydrogen) atoms. The zero-order valence-corrected chi connectivity index (χ0v) is 18.1. The number of anilines is 1. The van der Waals surface area contributed by atoms with E-state index < -0.39 is 29.6 Å². The van der Waals surface area contributed by atoms with E-state index in [2.05, 4.69) is 19.9 Å². The summed E-state index contributed by atoms with van der Waals surface area (Å²) in [4.78, 5) is 36.8. The van der Waals surface area contributed by atoms with Gasteiger partial charge in [0.1, 0.15) is 0 Å². The van der Waals surface area contributed by atoms with Crippen LogP contribution in [0.4, 0.5) is 18.9 Å². The van der Waals surface area contributed by atoms with Gasteiger partial charge in [-0.2, -0.15) is 18.3 Å². The molecule has 0 aliphatic heterocycles. The third kappa shape index (κ3) is 5.17. The van der Waals surface area contributed by atoms with E-state index in [1.165, 1.54) is 43.6 Å². The first kappa shape index (κ1) is 24.3. The van der Waals surface area contributed by atoms with E-state index in [0.29, 0.717) is 0 Å². The first-order valence-electron chi connectivity index (χ1n) is 9.51. The third-order valence-electron chi connectivity index (χ3n) is 4.59. The molecule has 0 saturated heterocycles. The Morgan fingerprint density at radius 1 is 0.941 bits per heavy atom. The number of methoxy groups -OCH3 is 3. The molecule has 0 spiro atoms. The van der Waals surface area contributed by atoms with Gasteiger partial charge in [-0.15, -0.1) is 0 Å². The Hall–Kier alpha value is -4.35. The van der Waals surface area contributed by atoms with Crippen molar-refractivity contribution in [2.24, 2.45) is 0 Å². The second-order valence-electron chi connectivity index (χ2n) is 6.78. The molecule has 3 aromatic rings. The fourth-order valence-corrected chi connectivity index (χ4v) is 2.98. The van der Waals surface area contributed by atoms with Gasteiger partial charge in [0, 0.05) is 5.69 Å². The predicted octanol–water partition coefficient (Wildman–Crippen LogP) is 3.73. The maximum atomic E-state index is 13.1. The van der Waals surface area contributed by atoms with Gasteiger partial charge in [0.2, 0.25) is 0 Å². The highest BCUT2D eigenvalue weighted by Crippen LogP contribution is 2.31. The number of hydrogen-bond acceptors (Lipinski definition) is 7. The van der Waals surface area contributed by atoms with Crippen molar-refractivity contribution >= 4 is 23.5 Å². The van der Waals surface area contributed by atoms with Gasteiger partial charge in [0.15, 0.2) is 11.4 Å². The fraction of sp³-hybridized carbons (Fsp3) is 0.182. The molecule has 0 atom stereocenters. The molecular formula is C22H18F3N3O6. The number of carbonyl (C=O) groups is 3. The van der Waals surface area contributed by atoms with Crippen molar-refractivity contribution in [3.63, 3.8) is 0 Å². The number of nitrogens with one attached hydrogen (secondary N) is 1. The van der Waals surface area contributed by atoms with Crippen LogP contribution in [0.1, 0.15) is 36.8 Å².